The maximum absolute atomic E-state index is 10.8. The van der Waals surface area contributed by atoms with Gasteiger partial charge in [0.05, 0.1) is 6.10 Å². The minimum atomic E-state index is -3.33. The standard InChI is InChI=1S/C33H51O3PS/c1-23(2)10-9-11-24(3)29-16-17-30-28-15-14-25-22-27(36-37(34,38)35-26-12-7-6-8-13-26)18-20-32(25,4)31(28)19-21-33(29,30)5/h6-8,12-14,23-24,27-31H,9-11,15-22H2,1-5H3,(H,34,38)/t24-,27+,28+,29-,30+,31+,32+,33-,37?/m1/s1. The molecule has 1 N–H and O–H groups in total. The van der Waals surface area contributed by atoms with Gasteiger partial charge in [0, 0.05) is 11.8 Å². The van der Waals surface area contributed by atoms with Gasteiger partial charge in [-0.3, -0.25) is 4.52 Å². The van der Waals surface area contributed by atoms with E-state index >= 15 is 0 Å². The van der Waals surface area contributed by atoms with Gasteiger partial charge >= 0.3 is 6.72 Å². The smallest absolute Gasteiger partial charge is 0.378 e. The number of hydrogen-bond donors (Lipinski definition) is 1. The van der Waals surface area contributed by atoms with E-state index in [1.54, 1.807) is 5.57 Å². The van der Waals surface area contributed by atoms with Crippen LogP contribution in [0.2, 0.25) is 0 Å². The molecule has 0 radical (unpaired) electrons. The van der Waals surface area contributed by atoms with Gasteiger partial charge in [0.1, 0.15) is 5.75 Å². The Bertz CT molecular complexity index is 1040. The topological polar surface area (TPSA) is 38.7 Å². The number of rotatable bonds is 9. The van der Waals surface area contributed by atoms with Crippen LogP contribution in [0.5, 0.6) is 5.75 Å². The minimum Gasteiger partial charge on any atom is -0.424 e. The highest BCUT2D eigenvalue weighted by molar-refractivity contribution is 8.07. The largest absolute Gasteiger partial charge is 0.424 e. The molecule has 5 heteroatoms. The highest BCUT2D eigenvalue weighted by Gasteiger charge is 2.59. The van der Waals surface area contributed by atoms with Gasteiger partial charge in [-0.2, -0.15) is 0 Å². The predicted molar refractivity (Wildman–Crippen MR) is 161 cm³/mol. The van der Waals surface area contributed by atoms with E-state index in [4.69, 9.17) is 20.9 Å². The Morgan fingerprint density at radius 1 is 1.00 bits per heavy atom. The van der Waals surface area contributed by atoms with Crippen LogP contribution in [-0.2, 0) is 16.3 Å². The number of para-hydroxylation sites is 1. The molecule has 4 aliphatic carbocycles. The molecule has 0 bridgehead atoms. The molecule has 0 spiro atoms. The van der Waals surface area contributed by atoms with Crippen molar-refractivity contribution < 1.29 is 13.9 Å². The first-order valence-electron chi connectivity index (χ1n) is 15.5. The normalized spacial score (nSPS) is 38.9. The second-order valence-electron chi connectivity index (χ2n) is 14.1. The predicted octanol–water partition coefficient (Wildman–Crippen LogP) is 9.71. The number of hydrogen-bond acceptors (Lipinski definition) is 3. The first-order chi connectivity index (χ1) is 18.0. The molecule has 9 atom stereocenters. The molecule has 3 nitrogen and oxygen atoms in total. The molecule has 0 amide bonds. The lowest BCUT2D eigenvalue weighted by molar-refractivity contribution is -0.0563. The Morgan fingerprint density at radius 3 is 2.50 bits per heavy atom. The molecule has 3 saturated carbocycles. The summed E-state index contributed by atoms with van der Waals surface area (Å²) >= 11 is 5.41. The second-order valence-corrected chi connectivity index (χ2v) is 16.8. The monoisotopic (exact) mass is 558 g/mol. The van der Waals surface area contributed by atoms with Crippen LogP contribution >= 0.6 is 6.72 Å². The molecule has 5 rings (SSSR count). The molecule has 1 aromatic carbocycles. The fourth-order valence-corrected chi connectivity index (χ4v) is 11.2. The third-order valence-corrected chi connectivity index (χ3v) is 13.0. The van der Waals surface area contributed by atoms with Crippen molar-refractivity contribution in [3.05, 3.63) is 42.0 Å². The van der Waals surface area contributed by atoms with Crippen LogP contribution in [0.25, 0.3) is 0 Å². The van der Waals surface area contributed by atoms with Crippen LogP contribution in [0.3, 0.4) is 0 Å². The molecule has 3 fully saturated rings. The fraction of sp³-hybridized carbons (Fsp3) is 0.758. The average Bonchev–Trinajstić information content (AvgIpc) is 3.21. The zero-order chi connectivity index (χ0) is 27.1. The molecule has 212 valence electrons. The van der Waals surface area contributed by atoms with E-state index in [0.717, 1.165) is 54.8 Å². The quantitative estimate of drug-likeness (QED) is 0.242. The van der Waals surface area contributed by atoms with Crippen molar-refractivity contribution in [1.82, 2.24) is 0 Å². The summed E-state index contributed by atoms with van der Waals surface area (Å²) in [6, 6.07) is 9.33. The zero-order valence-corrected chi connectivity index (χ0v) is 26.1. The molecule has 0 aromatic heterocycles. The molecule has 0 aliphatic heterocycles. The Labute approximate surface area is 237 Å². The molecular formula is C33H51O3PS. The summed E-state index contributed by atoms with van der Waals surface area (Å²) in [4.78, 5) is 10.8. The van der Waals surface area contributed by atoms with Crippen molar-refractivity contribution in [2.24, 2.45) is 46.3 Å². The van der Waals surface area contributed by atoms with Gasteiger partial charge in [0.2, 0.25) is 0 Å². The van der Waals surface area contributed by atoms with E-state index in [1.165, 1.54) is 51.4 Å². The summed E-state index contributed by atoms with van der Waals surface area (Å²) in [6.45, 7) is 9.19. The van der Waals surface area contributed by atoms with Crippen LogP contribution in [0.15, 0.2) is 42.0 Å². The van der Waals surface area contributed by atoms with E-state index in [2.05, 4.69) is 40.7 Å². The summed E-state index contributed by atoms with van der Waals surface area (Å²) in [5.41, 5.74) is 2.35. The van der Waals surface area contributed by atoms with Crippen molar-refractivity contribution in [3.8, 4) is 5.75 Å². The van der Waals surface area contributed by atoms with Crippen LogP contribution in [-0.4, -0.2) is 11.0 Å². The van der Waals surface area contributed by atoms with Gasteiger partial charge in [0.15, 0.2) is 0 Å². The van der Waals surface area contributed by atoms with Crippen molar-refractivity contribution in [1.29, 1.82) is 0 Å². The number of allylic oxidation sites excluding steroid dienone is 1. The maximum atomic E-state index is 10.8. The van der Waals surface area contributed by atoms with Crippen molar-refractivity contribution in [3.63, 3.8) is 0 Å². The Kier molecular flexibility index (Phi) is 8.58. The third-order valence-electron chi connectivity index (χ3n) is 11.5. The minimum absolute atomic E-state index is 0.0539. The van der Waals surface area contributed by atoms with Gasteiger partial charge in [-0.05, 0) is 110 Å². The molecule has 0 saturated heterocycles. The zero-order valence-electron chi connectivity index (χ0n) is 24.4. The van der Waals surface area contributed by atoms with Gasteiger partial charge < -0.3 is 9.42 Å². The summed E-state index contributed by atoms with van der Waals surface area (Å²) in [7, 11) is 0. The van der Waals surface area contributed by atoms with Gasteiger partial charge in [-0.1, -0.05) is 83.7 Å². The Balaban J connectivity index is 1.24. The maximum Gasteiger partial charge on any atom is 0.378 e. The Morgan fingerprint density at radius 2 is 1.76 bits per heavy atom. The average molecular weight is 559 g/mol. The summed E-state index contributed by atoms with van der Waals surface area (Å²) in [5.74, 6) is 5.66. The van der Waals surface area contributed by atoms with Crippen LogP contribution in [0.1, 0.15) is 105 Å². The van der Waals surface area contributed by atoms with E-state index in [-0.39, 0.29) is 11.5 Å². The van der Waals surface area contributed by atoms with Crippen molar-refractivity contribution in [2.75, 3.05) is 0 Å². The van der Waals surface area contributed by atoms with Crippen LogP contribution < -0.4 is 4.52 Å². The first-order valence-corrected chi connectivity index (χ1v) is 18.1. The van der Waals surface area contributed by atoms with Gasteiger partial charge in [-0.25, -0.2) is 0 Å². The molecule has 1 unspecified atom stereocenters. The SMILES string of the molecule is CC(C)CCC[C@@H](C)[C@H]1CC[C@H]2[C@@H]3CC=C4C[C@@H](OP(O)(=S)Oc5ccccc5)CC[C@]4(C)[C@H]3CC[C@]12C. The van der Waals surface area contributed by atoms with Gasteiger partial charge in [-0.15, -0.1) is 0 Å². The first kappa shape index (κ1) is 28.8. The molecule has 1 aromatic rings. The highest BCUT2D eigenvalue weighted by Crippen LogP contribution is 2.67. The molecule has 38 heavy (non-hydrogen) atoms. The van der Waals surface area contributed by atoms with Crippen LogP contribution in [0.4, 0.5) is 0 Å². The molecular weight excluding hydrogens is 507 g/mol. The Hall–Kier alpha value is -0.670. The lowest BCUT2D eigenvalue weighted by Gasteiger charge is -2.58. The lowest BCUT2D eigenvalue weighted by Crippen LogP contribution is -2.51. The second kappa shape index (κ2) is 11.3. The van der Waals surface area contributed by atoms with Gasteiger partial charge in [0.25, 0.3) is 0 Å². The van der Waals surface area contributed by atoms with Crippen molar-refractivity contribution in [2.45, 2.75) is 111 Å². The molecule has 4 aliphatic rings. The fourth-order valence-electron chi connectivity index (χ4n) is 9.57. The van der Waals surface area contributed by atoms with Crippen LogP contribution in [0, 0.1) is 46.3 Å². The summed E-state index contributed by atoms with van der Waals surface area (Å²) in [6.07, 6.45) is 16.6. The molecule has 0 heterocycles. The lowest BCUT2D eigenvalue weighted by atomic mass is 9.47. The summed E-state index contributed by atoms with van der Waals surface area (Å²) in [5, 5.41) is 0. The van der Waals surface area contributed by atoms with E-state index < -0.39 is 6.72 Å². The third kappa shape index (κ3) is 5.72. The number of benzene rings is 1. The summed E-state index contributed by atoms with van der Waals surface area (Å²) < 4.78 is 11.8. The van der Waals surface area contributed by atoms with E-state index in [1.807, 2.05) is 30.3 Å². The van der Waals surface area contributed by atoms with Crippen molar-refractivity contribution >= 4 is 18.5 Å². The highest BCUT2D eigenvalue weighted by atomic mass is 32.5. The van der Waals surface area contributed by atoms with E-state index in [9.17, 15) is 4.89 Å². The van der Waals surface area contributed by atoms with E-state index in [0.29, 0.717) is 11.2 Å². The number of fused-ring (bicyclic) bond motifs is 5.